The van der Waals surface area contributed by atoms with Crippen LogP contribution in [0.2, 0.25) is 0 Å². The molecule has 6 heteroatoms. The maximum absolute atomic E-state index is 6.03. The van der Waals surface area contributed by atoms with Crippen LogP contribution >= 0.6 is 11.3 Å². The molecule has 140 valence electrons. The molecule has 5 rings (SSSR count). The standard InChI is InChI=1S/C22H20N4OS/c23-18-3-1-15(2-4-18)22-24-11-17-12-26(9-7-20(17)25-22)13-19-5-6-21(27-19)16-8-10-28-14-16/h1-6,8,10-11,14H,7,9,12-13,23H2. The number of furan rings is 1. The summed E-state index contributed by atoms with van der Waals surface area (Å²) in [5.41, 5.74) is 11.0. The Morgan fingerprint density at radius 1 is 1.07 bits per heavy atom. The topological polar surface area (TPSA) is 68.2 Å². The highest BCUT2D eigenvalue weighted by Crippen LogP contribution is 2.27. The number of benzene rings is 1. The van der Waals surface area contributed by atoms with Gasteiger partial charge in [-0.05, 0) is 47.8 Å². The molecule has 0 saturated heterocycles. The quantitative estimate of drug-likeness (QED) is 0.517. The van der Waals surface area contributed by atoms with E-state index in [4.69, 9.17) is 15.1 Å². The third-order valence-corrected chi connectivity index (χ3v) is 5.71. The number of fused-ring (bicyclic) bond motifs is 1. The number of nitrogens with two attached hydrogens (primary N) is 1. The Morgan fingerprint density at radius 2 is 1.96 bits per heavy atom. The van der Waals surface area contributed by atoms with Crippen molar-refractivity contribution in [1.82, 2.24) is 14.9 Å². The van der Waals surface area contributed by atoms with Gasteiger partial charge in [0.1, 0.15) is 11.5 Å². The smallest absolute Gasteiger partial charge is 0.159 e. The summed E-state index contributed by atoms with van der Waals surface area (Å²) in [6, 6.07) is 13.9. The van der Waals surface area contributed by atoms with Crippen molar-refractivity contribution in [1.29, 1.82) is 0 Å². The van der Waals surface area contributed by atoms with Crippen LogP contribution in [0.3, 0.4) is 0 Å². The number of aromatic nitrogens is 2. The second-order valence-electron chi connectivity index (χ2n) is 7.03. The van der Waals surface area contributed by atoms with Crippen LogP contribution in [0.4, 0.5) is 5.69 Å². The van der Waals surface area contributed by atoms with Gasteiger partial charge in [-0.15, -0.1) is 0 Å². The van der Waals surface area contributed by atoms with Gasteiger partial charge in [-0.3, -0.25) is 4.90 Å². The van der Waals surface area contributed by atoms with E-state index in [9.17, 15) is 0 Å². The van der Waals surface area contributed by atoms with Crippen molar-refractivity contribution < 1.29 is 4.42 Å². The predicted octanol–water partition coefficient (Wildman–Crippen LogP) is 4.61. The van der Waals surface area contributed by atoms with Crippen LogP contribution in [0.25, 0.3) is 22.7 Å². The van der Waals surface area contributed by atoms with Crippen molar-refractivity contribution in [2.45, 2.75) is 19.5 Å². The highest BCUT2D eigenvalue weighted by Gasteiger charge is 2.20. The lowest BCUT2D eigenvalue weighted by Crippen LogP contribution is -2.30. The Labute approximate surface area is 167 Å². The first kappa shape index (κ1) is 17.2. The average molecular weight is 388 g/mol. The third kappa shape index (κ3) is 3.44. The average Bonchev–Trinajstić information content (AvgIpc) is 3.40. The Kier molecular flexibility index (Phi) is 4.43. The molecule has 4 heterocycles. The van der Waals surface area contributed by atoms with E-state index in [1.165, 1.54) is 5.56 Å². The molecule has 0 bridgehead atoms. The van der Waals surface area contributed by atoms with Crippen molar-refractivity contribution in [2.75, 3.05) is 12.3 Å². The van der Waals surface area contributed by atoms with E-state index in [1.807, 2.05) is 30.5 Å². The number of anilines is 1. The maximum atomic E-state index is 6.03. The lowest BCUT2D eigenvalue weighted by molar-refractivity contribution is 0.224. The molecular formula is C22H20N4OS. The highest BCUT2D eigenvalue weighted by molar-refractivity contribution is 7.08. The van der Waals surface area contributed by atoms with Crippen LogP contribution in [0.15, 0.2) is 63.8 Å². The minimum atomic E-state index is 0.748. The Bertz CT molecular complexity index is 1090. The molecule has 3 aromatic heterocycles. The van der Waals surface area contributed by atoms with E-state index in [0.29, 0.717) is 0 Å². The second kappa shape index (κ2) is 7.22. The SMILES string of the molecule is Nc1ccc(-c2ncc3c(n2)CCN(Cc2ccc(-c4ccsc4)o2)C3)cc1. The van der Waals surface area contributed by atoms with Crippen molar-refractivity contribution in [3.05, 3.63) is 76.4 Å². The molecule has 0 spiro atoms. The van der Waals surface area contributed by atoms with Crippen LogP contribution in [-0.4, -0.2) is 21.4 Å². The van der Waals surface area contributed by atoms with Crippen molar-refractivity contribution in [3.63, 3.8) is 0 Å². The maximum Gasteiger partial charge on any atom is 0.159 e. The van der Waals surface area contributed by atoms with E-state index >= 15 is 0 Å². The number of thiophene rings is 1. The molecule has 1 aromatic carbocycles. The van der Waals surface area contributed by atoms with Crippen molar-refractivity contribution in [3.8, 4) is 22.7 Å². The third-order valence-electron chi connectivity index (χ3n) is 5.03. The summed E-state index contributed by atoms with van der Waals surface area (Å²) >= 11 is 1.68. The second-order valence-corrected chi connectivity index (χ2v) is 7.81. The molecule has 4 aromatic rings. The fourth-order valence-corrected chi connectivity index (χ4v) is 4.17. The Morgan fingerprint density at radius 3 is 2.79 bits per heavy atom. The number of hydrogen-bond donors (Lipinski definition) is 1. The zero-order chi connectivity index (χ0) is 18.9. The van der Waals surface area contributed by atoms with Gasteiger partial charge in [-0.1, -0.05) is 0 Å². The first-order valence-corrected chi connectivity index (χ1v) is 10.2. The van der Waals surface area contributed by atoms with Crippen LogP contribution in [0, 0.1) is 0 Å². The minimum Gasteiger partial charge on any atom is -0.460 e. The predicted molar refractivity (Wildman–Crippen MR) is 112 cm³/mol. The molecule has 0 atom stereocenters. The highest BCUT2D eigenvalue weighted by atomic mass is 32.1. The van der Waals surface area contributed by atoms with Gasteiger partial charge in [0, 0.05) is 53.5 Å². The van der Waals surface area contributed by atoms with Gasteiger partial charge in [0.05, 0.1) is 12.2 Å². The molecule has 1 aliphatic rings. The summed E-state index contributed by atoms with van der Waals surface area (Å²) in [6.45, 7) is 2.59. The molecule has 0 fully saturated rings. The van der Waals surface area contributed by atoms with Gasteiger partial charge < -0.3 is 10.2 Å². The molecule has 1 aliphatic heterocycles. The van der Waals surface area contributed by atoms with Gasteiger partial charge in [0.25, 0.3) is 0 Å². The summed E-state index contributed by atoms with van der Waals surface area (Å²) in [5.74, 6) is 2.69. The largest absolute Gasteiger partial charge is 0.460 e. The van der Waals surface area contributed by atoms with E-state index in [-0.39, 0.29) is 0 Å². The number of hydrogen-bond acceptors (Lipinski definition) is 6. The Balaban J connectivity index is 1.30. The molecule has 0 saturated carbocycles. The summed E-state index contributed by atoms with van der Waals surface area (Å²) in [6.07, 6.45) is 2.87. The van der Waals surface area contributed by atoms with E-state index in [2.05, 4.69) is 38.8 Å². The zero-order valence-corrected chi connectivity index (χ0v) is 16.2. The molecule has 0 amide bonds. The van der Waals surface area contributed by atoms with E-state index < -0.39 is 0 Å². The van der Waals surface area contributed by atoms with Crippen LogP contribution < -0.4 is 5.73 Å². The monoisotopic (exact) mass is 388 g/mol. The van der Waals surface area contributed by atoms with Gasteiger partial charge in [-0.2, -0.15) is 11.3 Å². The van der Waals surface area contributed by atoms with Gasteiger partial charge in [-0.25, -0.2) is 9.97 Å². The summed E-state index contributed by atoms with van der Waals surface area (Å²) in [7, 11) is 0. The molecule has 0 radical (unpaired) electrons. The minimum absolute atomic E-state index is 0.748. The zero-order valence-electron chi connectivity index (χ0n) is 15.3. The number of nitrogens with zero attached hydrogens (tertiary/aromatic N) is 3. The summed E-state index contributed by atoms with van der Waals surface area (Å²) in [4.78, 5) is 11.7. The molecule has 2 N–H and O–H groups in total. The molecule has 0 aliphatic carbocycles. The summed E-state index contributed by atoms with van der Waals surface area (Å²) < 4.78 is 6.03. The molecule has 0 unspecified atom stereocenters. The van der Waals surface area contributed by atoms with Crippen LogP contribution in [0.5, 0.6) is 0 Å². The lowest BCUT2D eigenvalue weighted by atomic mass is 10.1. The molecule has 28 heavy (non-hydrogen) atoms. The molecular weight excluding hydrogens is 368 g/mol. The molecule has 5 nitrogen and oxygen atoms in total. The van der Waals surface area contributed by atoms with Crippen LogP contribution in [-0.2, 0) is 19.5 Å². The van der Waals surface area contributed by atoms with Gasteiger partial charge >= 0.3 is 0 Å². The van der Waals surface area contributed by atoms with Crippen molar-refractivity contribution >= 4 is 17.0 Å². The van der Waals surface area contributed by atoms with E-state index in [1.54, 1.807) is 11.3 Å². The number of nitrogen functional groups attached to an aromatic ring is 1. The lowest BCUT2D eigenvalue weighted by Gasteiger charge is -2.27. The fourth-order valence-electron chi connectivity index (χ4n) is 3.52. The summed E-state index contributed by atoms with van der Waals surface area (Å²) in [5, 5.41) is 4.17. The number of rotatable bonds is 4. The van der Waals surface area contributed by atoms with E-state index in [0.717, 1.165) is 65.9 Å². The Hall–Kier alpha value is -2.96. The van der Waals surface area contributed by atoms with Crippen LogP contribution in [0.1, 0.15) is 17.0 Å². The first-order chi connectivity index (χ1) is 13.7. The first-order valence-electron chi connectivity index (χ1n) is 9.29. The fraction of sp³-hybridized carbons (Fsp3) is 0.182. The van der Waals surface area contributed by atoms with Gasteiger partial charge in [0.15, 0.2) is 5.82 Å². The van der Waals surface area contributed by atoms with Crippen molar-refractivity contribution in [2.24, 2.45) is 0 Å². The normalized spacial score (nSPS) is 14.1. The van der Waals surface area contributed by atoms with Gasteiger partial charge in [0.2, 0.25) is 0 Å².